The largest absolute Gasteiger partial charge is 0.338 e. The van der Waals surface area contributed by atoms with Gasteiger partial charge in [0.25, 0.3) is 16.7 Å². The highest BCUT2D eigenvalue weighted by Gasteiger charge is 2.39. The number of hydrogen-bond acceptors (Lipinski definition) is 9. The molecule has 4 rings (SSSR count). The maximum absolute atomic E-state index is 12.1. The summed E-state index contributed by atoms with van der Waals surface area (Å²) in [6.45, 7) is 22.6. The maximum Gasteiger partial charge on any atom is 0.321 e. The smallest absolute Gasteiger partial charge is 0.321 e. The molecule has 3 heterocycles. The first-order valence-electron chi connectivity index (χ1n) is 22.6. The van der Waals surface area contributed by atoms with Crippen molar-refractivity contribution in [3.8, 4) is 0 Å². The summed E-state index contributed by atoms with van der Waals surface area (Å²) in [5.74, 6) is 1.33. The van der Waals surface area contributed by atoms with Gasteiger partial charge in [-0.15, -0.1) is 0 Å². The highest BCUT2D eigenvalue weighted by molar-refractivity contribution is 5.88. The molecular weight excluding hydrogens is 817 g/mol. The van der Waals surface area contributed by atoms with Crippen LogP contribution in [0.2, 0.25) is 0 Å². The summed E-state index contributed by atoms with van der Waals surface area (Å²) in [5, 5.41) is 16.1. The fourth-order valence-electron chi connectivity index (χ4n) is 8.01. The minimum absolute atomic E-state index is 0. The first-order valence-corrected chi connectivity index (χ1v) is 22.6. The van der Waals surface area contributed by atoms with Crippen LogP contribution >= 0.6 is 0 Å². The van der Waals surface area contributed by atoms with Gasteiger partial charge in [-0.25, -0.2) is 29.3 Å². The van der Waals surface area contributed by atoms with Gasteiger partial charge in [0.2, 0.25) is 17.8 Å². The fraction of sp³-hybridized carbons (Fsp3) is 0.674. The molecule has 64 heavy (non-hydrogen) atoms. The predicted octanol–water partition coefficient (Wildman–Crippen LogP) is 8.84. The number of unbranched alkanes of at least 4 members (excludes halogenated alkanes) is 8. The molecule has 1 saturated carbocycles. The summed E-state index contributed by atoms with van der Waals surface area (Å²) in [7, 11) is 0. The number of aryl methyl sites for hydroxylation is 2. The van der Waals surface area contributed by atoms with E-state index in [0.717, 1.165) is 38.5 Å². The molecule has 360 valence electrons. The SMILES string of the molecule is C.CCCCCCCNC(=O)Nc1nc(C(C)C)cc(=O)[nH]1.CCCCCCCNC(=O)Nc1nc(C)cc(=O)[nH]1.Cc1cc(=O)[nH]c(NC(=O)NCC2(C)CC(C)CC(C)(C)C2)n1. The maximum atomic E-state index is 12.1. The van der Waals surface area contributed by atoms with Crippen molar-refractivity contribution < 1.29 is 14.4 Å². The van der Waals surface area contributed by atoms with E-state index in [1.807, 2.05) is 13.8 Å². The number of nitrogens with zero attached hydrogens (tertiary/aromatic N) is 3. The molecule has 0 aliphatic heterocycles. The van der Waals surface area contributed by atoms with E-state index in [2.05, 4.69) is 103 Å². The zero-order chi connectivity index (χ0) is 47.0. The first-order chi connectivity index (χ1) is 29.7. The molecule has 0 saturated heterocycles. The van der Waals surface area contributed by atoms with Crippen LogP contribution < -0.4 is 48.6 Å². The van der Waals surface area contributed by atoms with Gasteiger partial charge in [-0.1, -0.05) is 114 Å². The zero-order valence-corrected chi connectivity index (χ0v) is 39.5. The Balaban J connectivity index is 0.000000479. The number of aromatic nitrogens is 6. The number of urea groups is 3. The van der Waals surface area contributed by atoms with Crippen LogP contribution in [0.4, 0.5) is 32.2 Å². The molecule has 3 aromatic rings. The molecule has 9 N–H and O–H groups in total. The molecule has 2 unspecified atom stereocenters. The Morgan fingerprint density at radius 1 is 0.641 bits per heavy atom. The number of amides is 6. The zero-order valence-electron chi connectivity index (χ0n) is 39.5. The van der Waals surface area contributed by atoms with Crippen LogP contribution in [0.25, 0.3) is 0 Å². The van der Waals surface area contributed by atoms with Crippen molar-refractivity contribution in [3.63, 3.8) is 0 Å². The third kappa shape index (κ3) is 24.3. The summed E-state index contributed by atoms with van der Waals surface area (Å²) in [5.41, 5.74) is 1.37. The standard InChI is InChI=1S/C17H28N4O2.C15H26N4O2.C13H22N4O2.CH4/c1-11-7-16(3,4)9-17(5,8-11)10-18-15(23)21-14-19-12(2)6-13(22)20-14;1-4-5-6-7-8-9-16-15(21)19-14-17-12(11(2)3)10-13(20)18-14;1-3-4-5-6-7-8-14-13(19)17-12-15-10(2)9-11(18)16-12;/h6,11H,7-10H2,1-5H3,(H3,18,19,20,21,22,23);10-11H,4-9H2,1-3H3,(H3,16,17,18,19,20,21);9H,3-8H2,1-2H3,(H3,14,15,16,17,18,19);1H4. The third-order valence-corrected chi connectivity index (χ3v) is 10.2. The normalized spacial score (nSPS) is 16.1. The predicted molar refractivity (Wildman–Crippen MR) is 258 cm³/mol. The number of nitrogens with one attached hydrogen (secondary N) is 9. The molecule has 0 aromatic carbocycles. The summed E-state index contributed by atoms with van der Waals surface area (Å²) in [4.78, 5) is 89.2. The summed E-state index contributed by atoms with van der Waals surface area (Å²) in [6, 6.07) is 3.18. The van der Waals surface area contributed by atoms with Crippen LogP contribution in [-0.4, -0.2) is 67.6 Å². The second-order valence-corrected chi connectivity index (χ2v) is 18.2. The molecule has 0 spiro atoms. The number of rotatable bonds is 18. The Morgan fingerprint density at radius 3 is 1.45 bits per heavy atom. The second kappa shape index (κ2) is 29.0. The summed E-state index contributed by atoms with van der Waals surface area (Å²) < 4.78 is 0. The van der Waals surface area contributed by atoms with E-state index in [-0.39, 0.29) is 71.4 Å². The second-order valence-electron chi connectivity index (χ2n) is 18.2. The van der Waals surface area contributed by atoms with Gasteiger partial charge in [-0.05, 0) is 68.6 Å². The molecule has 2 atom stereocenters. The lowest BCUT2D eigenvalue weighted by Crippen LogP contribution is -2.44. The van der Waals surface area contributed by atoms with E-state index >= 15 is 0 Å². The molecule has 18 nitrogen and oxygen atoms in total. The van der Waals surface area contributed by atoms with E-state index in [9.17, 15) is 28.8 Å². The lowest BCUT2D eigenvalue weighted by molar-refractivity contribution is 0.0628. The van der Waals surface area contributed by atoms with Gasteiger partial charge in [-0.2, -0.15) is 0 Å². The molecule has 0 radical (unpaired) electrons. The minimum atomic E-state index is -0.343. The van der Waals surface area contributed by atoms with Crippen molar-refractivity contribution in [2.24, 2.45) is 16.7 Å². The molecular formula is C46H80N12O6. The number of H-pyrrole nitrogens is 3. The van der Waals surface area contributed by atoms with Gasteiger partial charge in [0.05, 0.1) is 5.69 Å². The third-order valence-electron chi connectivity index (χ3n) is 10.2. The topological polar surface area (TPSA) is 261 Å². The summed E-state index contributed by atoms with van der Waals surface area (Å²) >= 11 is 0. The van der Waals surface area contributed by atoms with Crippen molar-refractivity contribution in [1.29, 1.82) is 0 Å². The molecule has 3 aromatic heterocycles. The molecule has 1 fully saturated rings. The highest BCUT2D eigenvalue weighted by Crippen LogP contribution is 2.48. The van der Waals surface area contributed by atoms with Crippen molar-refractivity contribution >= 4 is 35.9 Å². The van der Waals surface area contributed by atoms with E-state index < -0.39 is 0 Å². The van der Waals surface area contributed by atoms with Crippen LogP contribution in [0.1, 0.15) is 169 Å². The first kappa shape index (κ1) is 56.5. The fourth-order valence-corrected chi connectivity index (χ4v) is 8.01. The van der Waals surface area contributed by atoms with E-state index in [1.54, 1.807) is 13.8 Å². The van der Waals surface area contributed by atoms with Crippen LogP contribution in [-0.2, 0) is 0 Å². The number of anilines is 3. The van der Waals surface area contributed by atoms with Gasteiger partial charge in [0, 0.05) is 49.2 Å². The Bertz CT molecular complexity index is 2050. The monoisotopic (exact) mass is 897 g/mol. The molecule has 1 aliphatic carbocycles. The Labute approximate surface area is 380 Å². The Morgan fingerprint density at radius 2 is 1.05 bits per heavy atom. The van der Waals surface area contributed by atoms with Crippen molar-refractivity contribution in [2.45, 2.75) is 166 Å². The quantitative estimate of drug-likeness (QED) is 0.0552. The lowest BCUT2D eigenvalue weighted by Gasteiger charge is -2.46. The van der Waals surface area contributed by atoms with Crippen LogP contribution in [0.3, 0.4) is 0 Å². The Kier molecular flexibility index (Phi) is 25.6. The van der Waals surface area contributed by atoms with Crippen LogP contribution in [0.15, 0.2) is 32.6 Å². The Hall–Kier alpha value is -5.55. The minimum Gasteiger partial charge on any atom is -0.338 e. The van der Waals surface area contributed by atoms with Crippen molar-refractivity contribution in [2.75, 3.05) is 35.6 Å². The number of carbonyl (C=O) groups is 3. The van der Waals surface area contributed by atoms with Crippen LogP contribution in [0, 0.1) is 30.6 Å². The van der Waals surface area contributed by atoms with Crippen molar-refractivity contribution in [3.05, 3.63) is 66.3 Å². The summed E-state index contributed by atoms with van der Waals surface area (Å²) in [6.07, 6.45) is 14.9. The van der Waals surface area contributed by atoms with Crippen molar-refractivity contribution in [1.82, 2.24) is 45.9 Å². The highest BCUT2D eigenvalue weighted by atomic mass is 16.2. The van der Waals surface area contributed by atoms with Crippen LogP contribution in [0.5, 0.6) is 0 Å². The van der Waals surface area contributed by atoms with Gasteiger partial charge in [-0.3, -0.25) is 45.3 Å². The van der Waals surface area contributed by atoms with E-state index in [4.69, 9.17) is 0 Å². The molecule has 18 heteroatoms. The number of hydrogen-bond donors (Lipinski definition) is 9. The molecule has 1 aliphatic rings. The lowest BCUT2D eigenvalue weighted by atomic mass is 9.61. The average Bonchev–Trinajstić information content (AvgIpc) is 3.15. The van der Waals surface area contributed by atoms with Gasteiger partial charge in [0.15, 0.2) is 0 Å². The average molecular weight is 897 g/mol. The van der Waals surface area contributed by atoms with E-state index in [0.29, 0.717) is 48.0 Å². The van der Waals surface area contributed by atoms with Gasteiger partial charge < -0.3 is 16.0 Å². The number of carbonyl (C=O) groups excluding carboxylic acids is 3. The van der Waals surface area contributed by atoms with E-state index in [1.165, 1.54) is 63.1 Å². The van der Waals surface area contributed by atoms with Gasteiger partial charge in [0.1, 0.15) is 0 Å². The molecule has 6 amide bonds. The van der Waals surface area contributed by atoms with Gasteiger partial charge >= 0.3 is 18.1 Å². The number of aromatic amines is 3. The molecule has 0 bridgehead atoms.